The molecule has 0 bridgehead atoms. The summed E-state index contributed by atoms with van der Waals surface area (Å²) in [7, 11) is 4.58. The monoisotopic (exact) mass is 432 g/mol. The Morgan fingerprint density at radius 2 is 1.12 bits per heavy atom. The Morgan fingerprint density at radius 1 is 0.656 bits per heavy atom. The lowest BCUT2D eigenvalue weighted by atomic mass is 10.1. The van der Waals surface area contributed by atoms with Crippen molar-refractivity contribution in [3.63, 3.8) is 0 Å². The Kier molecular flexibility index (Phi) is 7.48. The Labute approximate surface area is 186 Å². The SMILES string of the molecule is COc1ccc(C=C(C(=O)Nc2ccccc2OC)C(=O)Nc2ccccc2OC)cc1. The summed E-state index contributed by atoms with van der Waals surface area (Å²) in [5.74, 6) is 0.459. The van der Waals surface area contributed by atoms with Crippen molar-refractivity contribution in [3.8, 4) is 17.2 Å². The second-order valence-electron chi connectivity index (χ2n) is 6.64. The van der Waals surface area contributed by atoms with Crippen molar-refractivity contribution in [2.24, 2.45) is 0 Å². The van der Waals surface area contributed by atoms with Crippen molar-refractivity contribution in [1.29, 1.82) is 0 Å². The van der Waals surface area contributed by atoms with Gasteiger partial charge in [0, 0.05) is 0 Å². The molecule has 3 aromatic carbocycles. The summed E-state index contributed by atoms with van der Waals surface area (Å²) in [6.45, 7) is 0. The summed E-state index contributed by atoms with van der Waals surface area (Å²) in [6.07, 6.45) is 1.51. The number of carbonyl (C=O) groups is 2. The molecule has 0 heterocycles. The van der Waals surface area contributed by atoms with E-state index >= 15 is 0 Å². The molecule has 0 aromatic heterocycles. The van der Waals surface area contributed by atoms with Gasteiger partial charge < -0.3 is 24.8 Å². The van der Waals surface area contributed by atoms with Gasteiger partial charge in [0.05, 0.1) is 32.7 Å². The number of para-hydroxylation sites is 4. The van der Waals surface area contributed by atoms with Crippen molar-refractivity contribution < 1.29 is 23.8 Å². The van der Waals surface area contributed by atoms with Crippen molar-refractivity contribution >= 4 is 29.3 Å². The number of ether oxygens (including phenoxy) is 3. The molecule has 7 heteroatoms. The van der Waals surface area contributed by atoms with Gasteiger partial charge in [-0.15, -0.1) is 0 Å². The summed E-state index contributed by atoms with van der Waals surface area (Å²) in [6, 6.07) is 20.9. The minimum Gasteiger partial charge on any atom is -0.497 e. The van der Waals surface area contributed by atoms with Crippen LogP contribution in [0.1, 0.15) is 5.56 Å². The van der Waals surface area contributed by atoms with Gasteiger partial charge >= 0.3 is 0 Å². The fourth-order valence-corrected chi connectivity index (χ4v) is 2.98. The highest BCUT2D eigenvalue weighted by molar-refractivity contribution is 6.29. The maximum atomic E-state index is 13.1. The molecule has 32 heavy (non-hydrogen) atoms. The molecule has 0 saturated carbocycles. The predicted octanol–water partition coefficient (Wildman–Crippen LogP) is 4.37. The van der Waals surface area contributed by atoms with E-state index in [1.807, 2.05) is 0 Å². The van der Waals surface area contributed by atoms with Crippen LogP contribution in [-0.2, 0) is 9.59 Å². The lowest BCUT2D eigenvalue weighted by molar-refractivity contribution is -0.118. The number of nitrogens with one attached hydrogen (secondary N) is 2. The quantitative estimate of drug-likeness (QED) is 0.314. The van der Waals surface area contributed by atoms with E-state index in [0.29, 0.717) is 34.2 Å². The Balaban J connectivity index is 1.95. The molecule has 0 spiro atoms. The number of benzene rings is 3. The number of anilines is 2. The molecule has 0 radical (unpaired) electrons. The lowest BCUT2D eigenvalue weighted by Crippen LogP contribution is -2.25. The van der Waals surface area contributed by atoms with E-state index < -0.39 is 11.8 Å². The van der Waals surface area contributed by atoms with Crippen LogP contribution in [0.25, 0.3) is 6.08 Å². The van der Waals surface area contributed by atoms with Crippen LogP contribution >= 0.6 is 0 Å². The second kappa shape index (κ2) is 10.7. The Hall–Kier alpha value is -4.26. The molecule has 0 fully saturated rings. The Morgan fingerprint density at radius 3 is 1.56 bits per heavy atom. The molecule has 3 aromatic rings. The maximum absolute atomic E-state index is 13.1. The summed E-state index contributed by atoms with van der Waals surface area (Å²) < 4.78 is 15.8. The molecule has 164 valence electrons. The zero-order valence-electron chi connectivity index (χ0n) is 18.0. The summed E-state index contributed by atoms with van der Waals surface area (Å²) >= 11 is 0. The van der Waals surface area contributed by atoms with Gasteiger partial charge in [0.25, 0.3) is 11.8 Å². The minimum atomic E-state index is -0.585. The van der Waals surface area contributed by atoms with Gasteiger partial charge in [-0.05, 0) is 48.0 Å². The van der Waals surface area contributed by atoms with E-state index in [4.69, 9.17) is 14.2 Å². The van der Waals surface area contributed by atoms with Crippen molar-refractivity contribution in [2.75, 3.05) is 32.0 Å². The lowest BCUT2D eigenvalue weighted by Gasteiger charge is -2.14. The maximum Gasteiger partial charge on any atom is 0.261 e. The van der Waals surface area contributed by atoms with E-state index in [9.17, 15) is 9.59 Å². The number of amides is 2. The van der Waals surface area contributed by atoms with Crippen LogP contribution in [0.4, 0.5) is 11.4 Å². The van der Waals surface area contributed by atoms with Crippen LogP contribution < -0.4 is 24.8 Å². The second-order valence-corrected chi connectivity index (χ2v) is 6.64. The van der Waals surface area contributed by atoms with Gasteiger partial charge in [0.1, 0.15) is 22.8 Å². The minimum absolute atomic E-state index is 0.0908. The van der Waals surface area contributed by atoms with E-state index in [0.717, 1.165) is 0 Å². The van der Waals surface area contributed by atoms with Crippen LogP contribution in [0.3, 0.4) is 0 Å². The van der Waals surface area contributed by atoms with E-state index in [2.05, 4.69) is 10.6 Å². The molecule has 2 amide bonds. The van der Waals surface area contributed by atoms with Crippen molar-refractivity contribution in [1.82, 2.24) is 0 Å². The summed E-state index contributed by atoms with van der Waals surface area (Å²) in [5.41, 5.74) is 1.47. The van der Waals surface area contributed by atoms with Gasteiger partial charge in [-0.1, -0.05) is 36.4 Å². The third-order valence-corrected chi connectivity index (χ3v) is 4.63. The third kappa shape index (κ3) is 5.46. The smallest absolute Gasteiger partial charge is 0.261 e. The first-order valence-corrected chi connectivity index (χ1v) is 9.80. The van der Waals surface area contributed by atoms with Gasteiger partial charge in [-0.2, -0.15) is 0 Å². The van der Waals surface area contributed by atoms with E-state index in [-0.39, 0.29) is 5.57 Å². The van der Waals surface area contributed by atoms with Crippen LogP contribution in [0.5, 0.6) is 17.2 Å². The first kappa shape index (κ1) is 22.4. The van der Waals surface area contributed by atoms with Crippen LogP contribution in [0, 0.1) is 0 Å². The van der Waals surface area contributed by atoms with Crippen LogP contribution in [0.2, 0.25) is 0 Å². The van der Waals surface area contributed by atoms with Crippen molar-refractivity contribution in [2.45, 2.75) is 0 Å². The first-order valence-electron chi connectivity index (χ1n) is 9.80. The van der Waals surface area contributed by atoms with Gasteiger partial charge in [-0.3, -0.25) is 9.59 Å². The van der Waals surface area contributed by atoms with Crippen LogP contribution in [-0.4, -0.2) is 33.1 Å². The highest BCUT2D eigenvalue weighted by Gasteiger charge is 2.21. The highest BCUT2D eigenvalue weighted by atomic mass is 16.5. The van der Waals surface area contributed by atoms with Crippen molar-refractivity contribution in [3.05, 3.63) is 83.9 Å². The molecule has 0 unspecified atom stereocenters. The zero-order valence-corrected chi connectivity index (χ0v) is 18.0. The molecule has 3 rings (SSSR count). The normalized spacial score (nSPS) is 9.97. The molecular weight excluding hydrogens is 408 g/mol. The molecule has 0 aliphatic heterocycles. The highest BCUT2D eigenvalue weighted by Crippen LogP contribution is 2.26. The van der Waals surface area contributed by atoms with E-state index in [1.165, 1.54) is 20.3 Å². The van der Waals surface area contributed by atoms with Gasteiger partial charge in [0.2, 0.25) is 0 Å². The van der Waals surface area contributed by atoms with Gasteiger partial charge in [0.15, 0.2) is 0 Å². The predicted molar refractivity (Wildman–Crippen MR) is 124 cm³/mol. The molecule has 0 saturated heterocycles. The number of hydrogen-bond donors (Lipinski definition) is 2. The standard InChI is InChI=1S/C25H24N2O5/c1-30-18-14-12-17(13-15-18)16-19(24(28)26-20-8-4-6-10-22(20)31-2)25(29)27-21-9-5-7-11-23(21)32-3/h4-16H,1-3H3,(H,26,28)(H,27,29). The number of methoxy groups -OCH3 is 3. The van der Waals surface area contributed by atoms with E-state index in [1.54, 1.807) is 79.9 Å². The average Bonchev–Trinajstić information content (AvgIpc) is 2.83. The fourth-order valence-electron chi connectivity index (χ4n) is 2.98. The number of hydrogen-bond acceptors (Lipinski definition) is 5. The number of carbonyl (C=O) groups excluding carboxylic acids is 2. The molecule has 2 N–H and O–H groups in total. The average molecular weight is 432 g/mol. The molecule has 0 atom stereocenters. The number of rotatable bonds is 8. The van der Waals surface area contributed by atoms with Gasteiger partial charge in [-0.25, -0.2) is 0 Å². The first-order chi connectivity index (χ1) is 15.5. The van der Waals surface area contributed by atoms with Crippen LogP contribution in [0.15, 0.2) is 78.4 Å². The largest absolute Gasteiger partial charge is 0.497 e. The zero-order chi connectivity index (χ0) is 22.9. The summed E-state index contributed by atoms with van der Waals surface area (Å²) in [4.78, 5) is 26.3. The fraction of sp³-hybridized carbons (Fsp3) is 0.120. The topological polar surface area (TPSA) is 85.9 Å². The molecule has 0 aliphatic carbocycles. The molecule has 7 nitrogen and oxygen atoms in total. The summed E-state index contributed by atoms with van der Waals surface area (Å²) in [5, 5.41) is 5.50. The molecular formula is C25H24N2O5. The Bertz CT molecular complexity index is 1060. The molecule has 0 aliphatic rings. The third-order valence-electron chi connectivity index (χ3n) is 4.63.